The van der Waals surface area contributed by atoms with Gasteiger partial charge in [0, 0.05) is 19.2 Å². The SMILES string of the molecule is CCOC(=O)[C@@H]1[C@H]2C(=O)N(CCCO)C(C(=O)NC3CCCCC3)C23CC(C)[C@@]1(C)O3. The first-order valence-corrected chi connectivity index (χ1v) is 11.9. The first kappa shape index (κ1) is 22.5. The van der Waals surface area contributed by atoms with Gasteiger partial charge in [-0.25, -0.2) is 0 Å². The number of aliphatic hydroxyl groups is 1. The monoisotopic (exact) mass is 436 g/mol. The number of carbonyl (C=O) groups is 3. The number of nitrogens with one attached hydrogen (secondary N) is 1. The van der Waals surface area contributed by atoms with E-state index in [0.29, 0.717) is 12.8 Å². The third-order valence-electron chi connectivity index (χ3n) is 8.11. The highest BCUT2D eigenvalue weighted by Gasteiger charge is 2.80. The standard InChI is InChI=1S/C23H36N2O6/c1-4-30-21(29)17-16-20(28)25(11-8-12-26)18(19(27)24-15-9-6-5-7-10-15)23(16)13-14(2)22(17,3)31-23/h14-18,26H,4-13H2,1-3H3,(H,24,27)/t14?,16-,17-,18?,22+,23?/m0/s1. The summed E-state index contributed by atoms with van der Waals surface area (Å²) in [5, 5.41) is 12.6. The van der Waals surface area contributed by atoms with Crippen LogP contribution in [0.4, 0.5) is 0 Å². The van der Waals surface area contributed by atoms with Crippen molar-refractivity contribution in [2.24, 2.45) is 17.8 Å². The smallest absolute Gasteiger partial charge is 0.312 e. The molecule has 2 amide bonds. The second-order valence-corrected chi connectivity index (χ2v) is 9.91. The predicted molar refractivity (Wildman–Crippen MR) is 112 cm³/mol. The molecular weight excluding hydrogens is 400 g/mol. The highest BCUT2D eigenvalue weighted by molar-refractivity contribution is 5.98. The molecule has 0 aromatic heterocycles. The van der Waals surface area contributed by atoms with Crippen LogP contribution in [-0.4, -0.2) is 70.8 Å². The maximum absolute atomic E-state index is 13.6. The van der Waals surface area contributed by atoms with E-state index in [-0.39, 0.29) is 43.5 Å². The van der Waals surface area contributed by atoms with Crippen LogP contribution in [0.25, 0.3) is 0 Å². The molecule has 0 aromatic carbocycles. The Morgan fingerprint density at radius 2 is 2.00 bits per heavy atom. The topological polar surface area (TPSA) is 105 Å². The van der Waals surface area contributed by atoms with Gasteiger partial charge in [0.05, 0.1) is 18.1 Å². The summed E-state index contributed by atoms with van der Waals surface area (Å²) in [5.74, 6) is -2.30. The second-order valence-electron chi connectivity index (χ2n) is 9.91. The van der Waals surface area contributed by atoms with E-state index in [1.807, 2.05) is 13.8 Å². The zero-order valence-electron chi connectivity index (χ0n) is 18.9. The lowest BCUT2D eigenvalue weighted by Gasteiger charge is -2.36. The highest BCUT2D eigenvalue weighted by atomic mass is 16.6. The molecule has 0 aromatic rings. The van der Waals surface area contributed by atoms with Crippen LogP contribution in [0.1, 0.15) is 65.7 Å². The number of likely N-dealkylation sites (tertiary alicyclic amines) is 1. The maximum Gasteiger partial charge on any atom is 0.312 e. The van der Waals surface area contributed by atoms with Crippen molar-refractivity contribution in [2.75, 3.05) is 19.8 Å². The van der Waals surface area contributed by atoms with Gasteiger partial charge in [-0.3, -0.25) is 14.4 Å². The number of amides is 2. The van der Waals surface area contributed by atoms with Crippen LogP contribution in [-0.2, 0) is 23.9 Å². The van der Waals surface area contributed by atoms with Gasteiger partial charge in [0.2, 0.25) is 11.8 Å². The van der Waals surface area contributed by atoms with E-state index in [9.17, 15) is 19.5 Å². The van der Waals surface area contributed by atoms with Crippen LogP contribution in [0.15, 0.2) is 0 Å². The molecule has 3 saturated heterocycles. The lowest BCUT2D eigenvalue weighted by molar-refractivity contribution is -0.161. The number of ether oxygens (including phenoxy) is 2. The van der Waals surface area contributed by atoms with Crippen molar-refractivity contribution in [1.29, 1.82) is 0 Å². The van der Waals surface area contributed by atoms with Crippen LogP contribution in [0.2, 0.25) is 0 Å². The Kier molecular flexibility index (Phi) is 6.07. The quantitative estimate of drug-likeness (QED) is 0.585. The molecule has 1 saturated carbocycles. The Balaban J connectivity index is 1.70. The van der Waals surface area contributed by atoms with Crippen LogP contribution in [0.3, 0.4) is 0 Å². The molecule has 8 nitrogen and oxygen atoms in total. The Labute approximate surface area is 184 Å². The predicted octanol–water partition coefficient (Wildman–Crippen LogP) is 1.39. The largest absolute Gasteiger partial charge is 0.466 e. The molecule has 1 spiro atoms. The molecule has 2 N–H and O–H groups in total. The molecular formula is C23H36N2O6. The van der Waals surface area contributed by atoms with E-state index in [1.54, 1.807) is 11.8 Å². The summed E-state index contributed by atoms with van der Waals surface area (Å²) >= 11 is 0. The van der Waals surface area contributed by atoms with Gasteiger partial charge in [0.25, 0.3) is 0 Å². The zero-order chi connectivity index (χ0) is 22.4. The fourth-order valence-corrected chi connectivity index (χ4v) is 6.64. The number of hydrogen-bond donors (Lipinski definition) is 2. The Morgan fingerprint density at radius 3 is 2.65 bits per heavy atom. The minimum atomic E-state index is -1.03. The summed E-state index contributed by atoms with van der Waals surface area (Å²) < 4.78 is 11.9. The van der Waals surface area contributed by atoms with Crippen molar-refractivity contribution in [3.63, 3.8) is 0 Å². The van der Waals surface area contributed by atoms with E-state index in [2.05, 4.69) is 5.32 Å². The summed E-state index contributed by atoms with van der Waals surface area (Å²) in [7, 11) is 0. The van der Waals surface area contributed by atoms with E-state index >= 15 is 0 Å². The summed E-state index contributed by atoms with van der Waals surface area (Å²) in [4.78, 5) is 41.8. The number of aliphatic hydroxyl groups excluding tert-OH is 1. The van der Waals surface area contributed by atoms with Gasteiger partial charge in [0.1, 0.15) is 17.6 Å². The second kappa shape index (κ2) is 8.35. The molecule has 8 heteroatoms. The number of rotatable bonds is 7. The number of nitrogens with zero attached hydrogens (tertiary/aromatic N) is 1. The first-order valence-electron chi connectivity index (χ1n) is 11.9. The average molecular weight is 437 g/mol. The zero-order valence-corrected chi connectivity index (χ0v) is 18.9. The van der Waals surface area contributed by atoms with Crippen LogP contribution >= 0.6 is 0 Å². The number of carbonyl (C=O) groups excluding carboxylic acids is 3. The lowest BCUT2D eigenvalue weighted by atomic mass is 9.62. The van der Waals surface area contributed by atoms with Crippen LogP contribution < -0.4 is 5.32 Å². The van der Waals surface area contributed by atoms with Gasteiger partial charge in [-0.1, -0.05) is 26.2 Å². The van der Waals surface area contributed by atoms with Crippen molar-refractivity contribution in [2.45, 2.75) is 89.0 Å². The van der Waals surface area contributed by atoms with Crippen LogP contribution in [0, 0.1) is 17.8 Å². The number of fused-ring (bicyclic) bond motifs is 1. The summed E-state index contributed by atoms with van der Waals surface area (Å²) in [5.41, 5.74) is -1.87. The Morgan fingerprint density at radius 1 is 1.29 bits per heavy atom. The molecule has 4 aliphatic rings. The van der Waals surface area contributed by atoms with Crippen molar-refractivity contribution in [3.05, 3.63) is 0 Å². The Hall–Kier alpha value is -1.67. The first-order chi connectivity index (χ1) is 14.8. The molecule has 2 bridgehead atoms. The van der Waals surface area contributed by atoms with E-state index in [1.165, 1.54) is 6.42 Å². The third-order valence-corrected chi connectivity index (χ3v) is 8.11. The van der Waals surface area contributed by atoms with Gasteiger partial charge >= 0.3 is 5.97 Å². The fourth-order valence-electron chi connectivity index (χ4n) is 6.64. The van der Waals surface area contributed by atoms with Crippen molar-refractivity contribution >= 4 is 17.8 Å². The highest BCUT2D eigenvalue weighted by Crippen LogP contribution is 2.65. The minimum absolute atomic E-state index is 0.00808. The number of hydrogen-bond acceptors (Lipinski definition) is 6. The molecule has 6 atom stereocenters. The molecule has 31 heavy (non-hydrogen) atoms. The van der Waals surface area contributed by atoms with Crippen molar-refractivity contribution < 1.29 is 29.0 Å². The van der Waals surface area contributed by atoms with E-state index in [4.69, 9.17) is 9.47 Å². The summed E-state index contributed by atoms with van der Waals surface area (Å²) in [6.45, 7) is 6.07. The molecule has 174 valence electrons. The van der Waals surface area contributed by atoms with Gasteiger partial charge < -0.3 is 24.8 Å². The normalized spacial score (nSPS) is 39.6. The summed E-state index contributed by atoms with van der Waals surface area (Å²) in [6, 6.07) is -0.680. The van der Waals surface area contributed by atoms with E-state index in [0.717, 1.165) is 25.7 Å². The molecule has 3 aliphatic heterocycles. The van der Waals surface area contributed by atoms with Gasteiger partial charge in [0.15, 0.2) is 0 Å². The summed E-state index contributed by atoms with van der Waals surface area (Å²) in [6.07, 6.45) is 6.18. The molecule has 1 aliphatic carbocycles. The van der Waals surface area contributed by atoms with Gasteiger partial charge in [-0.05, 0) is 45.4 Å². The average Bonchev–Trinajstić information content (AvgIpc) is 3.24. The molecule has 4 rings (SSSR count). The minimum Gasteiger partial charge on any atom is -0.466 e. The van der Waals surface area contributed by atoms with Gasteiger partial charge in [-0.2, -0.15) is 0 Å². The molecule has 3 heterocycles. The van der Waals surface area contributed by atoms with Gasteiger partial charge in [-0.15, -0.1) is 0 Å². The fraction of sp³-hybridized carbons (Fsp3) is 0.870. The van der Waals surface area contributed by atoms with Crippen molar-refractivity contribution in [3.8, 4) is 0 Å². The Bertz CT molecular complexity index is 738. The molecule has 0 radical (unpaired) electrons. The van der Waals surface area contributed by atoms with Crippen molar-refractivity contribution in [1.82, 2.24) is 10.2 Å². The maximum atomic E-state index is 13.6. The lowest BCUT2D eigenvalue weighted by Crippen LogP contribution is -2.57. The van der Waals surface area contributed by atoms with Crippen LogP contribution in [0.5, 0.6) is 0 Å². The van der Waals surface area contributed by atoms with E-state index < -0.39 is 35.0 Å². The molecule has 4 fully saturated rings. The number of esters is 1. The molecule has 3 unspecified atom stereocenters. The third kappa shape index (κ3) is 3.37.